The Balaban J connectivity index is 2.43. The van der Waals surface area contributed by atoms with E-state index in [0.29, 0.717) is 17.6 Å². The minimum atomic E-state index is -0.390. The van der Waals surface area contributed by atoms with Gasteiger partial charge >= 0.3 is 5.76 Å². The minimum absolute atomic E-state index is 0.135. The Kier molecular flexibility index (Phi) is 1.67. The molecule has 82 valence electrons. The molecule has 0 saturated carbocycles. The molecule has 1 heterocycles. The van der Waals surface area contributed by atoms with Crippen molar-refractivity contribution in [3.05, 3.63) is 33.8 Å². The molecule has 0 radical (unpaired) electrons. The fraction of sp³-hybridized carbons (Fsp3) is 0.333. The zero-order chi connectivity index (χ0) is 11.4. The maximum atomic E-state index is 11.7. The third-order valence-electron chi connectivity index (χ3n) is 3.29. The van der Waals surface area contributed by atoms with Crippen LogP contribution >= 0.6 is 0 Å². The van der Waals surface area contributed by atoms with Crippen LogP contribution in [0.5, 0.6) is 0 Å². The number of carbonyl (C=O) groups is 1. The molecular formula is C12H11NO3. The van der Waals surface area contributed by atoms with Crippen LogP contribution in [0.2, 0.25) is 0 Å². The second-order valence-electron chi connectivity index (χ2n) is 4.36. The molecule has 1 aromatic heterocycles. The lowest BCUT2D eigenvalue weighted by atomic mass is 10.0. The average molecular weight is 217 g/mol. The van der Waals surface area contributed by atoms with Crippen LogP contribution in [0, 0.1) is 0 Å². The number of rotatable bonds is 0. The van der Waals surface area contributed by atoms with Gasteiger partial charge in [-0.25, -0.2) is 4.79 Å². The summed E-state index contributed by atoms with van der Waals surface area (Å²) in [5.74, 6) is -0.0217. The van der Waals surface area contributed by atoms with Crippen LogP contribution in [-0.4, -0.2) is 10.4 Å². The highest BCUT2D eigenvalue weighted by molar-refractivity contribution is 6.03. The number of nitrogens with zero attached hydrogens (tertiary/aromatic N) is 1. The van der Waals surface area contributed by atoms with Crippen LogP contribution in [0.4, 0.5) is 0 Å². The number of oxazole rings is 1. The molecule has 0 N–H and O–H groups in total. The SMILES string of the molecule is CC1CC(=O)c2cc3oc(=O)n(C)c3cc21. The zero-order valence-electron chi connectivity index (χ0n) is 9.11. The Morgan fingerprint density at radius 1 is 1.38 bits per heavy atom. The second-order valence-corrected chi connectivity index (χ2v) is 4.36. The van der Waals surface area contributed by atoms with Crippen LogP contribution in [0.15, 0.2) is 21.3 Å². The summed E-state index contributed by atoms with van der Waals surface area (Å²) < 4.78 is 6.53. The van der Waals surface area contributed by atoms with Crippen molar-refractivity contribution >= 4 is 16.9 Å². The molecule has 1 aromatic carbocycles. The molecule has 1 atom stereocenters. The molecule has 0 saturated heterocycles. The summed E-state index contributed by atoms with van der Waals surface area (Å²) >= 11 is 0. The molecule has 0 aliphatic heterocycles. The number of aryl methyl sites for hydroxylation is 1. The predicted octanol–water partition coefficient (Wildman–Crippen LogP) is 1.82. The molecule has 4 heteroatoms. The molecule has 1 aliphatic carbocycles. The maximum absolute atomic E-state index is 11.7. The fourth-order valence-electron chi connectivity index (χ4n) is 2.34. The molecule has 16 heavy (non-hydrogen) atoms. The first-order valence-electron chi connectivity index (χ1n) is 5.24. The third kappa shape index (κ3) is 1.04. The van der Waals surface area contributed by atoms with E-state index in [0.717, 1.165) is 11.1 Å². The van der Waals surface area contributed by atoms with Gasteiger partial charge in [0.25, 0.3) is 0 Å². The van der Waals surface area contributed by atoms with Gasteiger partial charge in [0.2, 0.25) is 0 Å². The largest absolute Gasteiger partial charge is 0.419 e. The van der Waals surface area contributed by atoms with Gasteiger partial charge in [-0.05, 0) is 23.6 Å². The topological polar surface area (TPSA) is 52.2 Å². The Morgan fingerprint density at radius 2 is 2.12 bits per heavy atom. The van der Waals surface area contributed by atoms with Crippen molar-refractivity contribution < 1.29 is 9.21 Å². The van der Waals surface area contributed by atoms with E-state index >= 15 is 0 Å². The monoisotopic (exact) mass is 217 g/mol. The van der Waals surface area contributed by atoms with Crippen molar-refractivity contribution in [3.63, 3.8) is 0 Å². The van der Waals surface area contributed by atoms with E-state index in [2.05, 4.69) is 0 Å². The zero-order valence-corrected chi connectivity index (χ0v) is 9.11. The number of Topliss-reactive ketones (excluding diaryl/α,β-unsaturated/α-hetero) is 1. The molecule has 1 aliphatic rings. The van der Waals surface area contributed by atoms with Gasteiger partial charge in [0.1, 0.15) is 0 Å². The fourth-order valence-corrected chi connectivity index (χ4v) is 2.34. The minimum Gasteiger partial charge on any atom is -0.408 e. The first-order valence-corrected chi connectivity index (χ1v) is 5.24. The molecular weight excluding hydrogens is 206 g/mol. The Morgan fingerprint density at radius 3 is 2.88 bits per heavy atom. The number of hydrogen-bond donors (Lipinski definition) is 0. The third-order valence-corrected chi connectivity index (χ3v) is 3.29. The first-order chi connectivity index (χ1) is 7.58. The van der Waals surface area contributed by atoms with E-state index < -0.39 is 5.76 Å². The summed E-state index contributed by atoms with van der Waals surface area (Å²) in [7, 11) is 1.67. The van der Waals surface area contributed by atoms with Gasteiger partial charge in [-0.1, -0.05) is 6.92 Å². The van der Waals surface area contributed by atoms with Gasteiger partial charge in [-0.2, -0.15) is 0 Å². The van der Waals surface area contributed by atoms with Gasteiger partial charge in [-0.3, -0.25) is 9.36 Å². The Hall–Kier alpha value is -1.84. The number of ketones is 1. The van der Waals surface area contributed by atoms with Crippen LogP contribution < -0.4 is 5.76 Å². The van der Waals surface area contributed by atoms with Gasteiger partial charge in [0.15, 0.2) is 11.4 Å². The molecule has 0 amide bonds. The number of aromatic nitrogens is 1. The summed E-state index contributed by atoms with van der Waals surface area (Å²) in [6, 6.07) is 3.59. The average Bonchev–Trinajstić information content (AvgIpc) is 2.67. The summed E-state index contributed by atoms with van der Waals surface area (Å²) in [6.07, 6.45) is 0.551. The molecule has 1 unspecified atom stereocenters. The molecule has 3 rings (SSSR count). The van der Waals surface area contributed by atoms with Gasteiger partial charge in [0.05, 0.1) is 5.52 Å². The van der Waals surface area contributed by atoms with Crippen LogP contribution in [0.3, 0.4) is 0 Å². The van der Waals surface area contributed by atoms with Gasteiger partial charge in [-0.15, -0.1) is 0 Å². The quantitative estimate of drug-likeness (QED) is 0.676. The van der Waals surface area contributed by atoms with Crippen LogP contribution in [-0.2, 0) is 7.05 Å². The first kappa shape index (κ1) is 9.39. The summed E-state index contributed by atoms with van der Waals surface area (Å²) in [6.45, 7) is 2.02. The Labute approximate surface area is 91.5 Å². The van der Waals surface area contributed by atoms with E-state index in [1.54, 1.807) is 13.1 Å². The highest BCUT2D eigenvalue weighted by Crippen LogP contribution is 2.34. The van der Waals surface area contributed by atoms with Gasteiger partial charge < -0.3 is 4.42 Å². The van der Waals surface area contributed by atoms with Crippen molar-refractivity contribution in [2.75, 3.05) is 0 Å². The van der Waals surface area contributed by atoms with E-state index in [1.807, 2.05) is 13.0 Å². The van der Waals surface area contributed by atoms with E-state index in [1.165, 1.54) is 4.57 Å². The Bertz CT molecular complexity index is 663. The maximum Gasteiger partial charge on any atom is 0.419 e. The van der Waals surface area contributed by atoms with Crippen molar-refractivity contribution in [3.8, 4) is 0 Å². The number of benzene rings is 1. The van der Waals surface area contributed by atoms with E-state index in [4.69, 9.17) is 4.42 Å². The normalized spacial score (nSPS) is 19.4. The molecule has 4 nitrogen and oxygen atoms in total. The lowest BCUT2D eigenvalue weighted by Gasteiger charge is -2.02. The highest BCUT2D eigenvalue weighted by Gasteiger charge is 2.27. The molecule has 0 bridgehead atoms. The van der Waals surface area contributed by atoms with E-state index in [9.17, 15) is 9.59 Å². The van der Waals surface area contributed by atoms with Gasteiger partial charge in [0, 0.05) is 19.0 Å². The lowest BCUT2D eigenvalue weighted by molar-refractivity contribution is 0.0990. The molecule has 0 fully saturated rings. The summed E-state index contributed by atoms with van der Waals surface area (Å²) in [5.41, 5.74) is 2.97. The number of carbonyl (C=O) groups excluding carboxylic acids is 1. The highest BCUT2D eigenvalue weighted by atomic mass is 16.4. The van der Waals surface area contributed by atoms with Crippen molar-refractivity contribution in [2.24, 2.45) is 7.05 Å². The van der Waals surface area contributed by atoms with Crippen molar-refractivity contribution in [1.82, 2.24) is 4.57 Å². The smallest absolute Gasteiger partial charge is 0.408 e. The van der Waals surface area contributed by atoms with E-state index in [-0.39, 0.29) is 11.7 Å². The van der Waals surface area contributed by atoms with Crippen LogP contribution in [0.1, 0.15) is 35.2 Å². The number of fused-ring (bicyclic) bond motifs is 2. The van der Waals surface area contributed by atoms with Crippen LogP contribution in [0.25, 0.3) is 11.1 Å². The number of hydrogen-bond acceptors (Lipinski definition) is 3. The predicted molar refractivity (Wildman–Crippen MR) is 58.8 cm³/mol. The van der Waals surface area contributed by atoms with Crippen molar-refractivity contribution in [1.29, 1.82) is 0 Å². The second kappa shape index (κ2) is 2.84. The summed E-state index contributed by atoms with van der Waals surface area (Å²) in [5, 5.41) is 0. The van der Waals surface area contributed by atoms with Crippen molar-refractivity contribution in [2.45, 2.75) is 19.3 Å². The summed E-state index contributed by atoms with van der Waals surface area (Å²) in [4.78, 5) is 23.0. The molecule has 2 aromatic rings. The standard InChI is InChI=1S/C12H11NO3/c1-6-3-10(14)8-5-11-9(4-7(6)8)13(2)12(15)16-11/h4-6H,3H2,1-2H3. The molecule has 0 spiro atoms. The lowest BCUT2D eigenvalue weighted by Crippen LogP contribution is -2.08.